The Labute approximate surface area is 156 Å². The molecule has 0 saturated carbocycles. The van der Waals surface area contributed by atoms with Gasteiger partial charge in [-0.05, 0) is 53.9 Å². The number of rotatable bonds is 5. The van der Waals surface area contributed by atoms with Crippen molar-refractivity contribution >= 4 is 24.3 Å². The summed E-state index contributed by atoms with van der Waals surface area (Å²) < 4.78 is 17.2. The third-order valence-electron chi connectivity index (χ3n) is 4.73. The van der Waals surface area contributed by atoms with E-state index in [4.69, 9.17) is 14.0 Å². The zero-order valence-corrected chi connectivity index (χ0v) is 16.8. The maximum atomic E-state index is 12.3. The van der Waals surface area contributed by atoms with Gasteiger partial charge in [0.1, 0.15) is 5.60 Å². The predicted molar refractivity (Wildman–Crippen MR) is 102 cm³/mol. The lowest BCUT2D eigenvalue weighted by Crippen LogP contribution is -2.41. The van der Waals surface area contributed by atoms with Crippen molar-refractivity contribution in [1.82, 2.24) is 0 Å². The topological polar surface area (TPSA) is 61.8 Å². The Morgan fingerprint density at radius 3 is 1.92 bits per heavy atom. The van der Waals surface area contributed by atoms with Gasteiger partial charge in [-0.1, -0.05) is 24.3 Å². The average molecular weight is 360 g/mol. The number of ether oxygens (including phenoxy) is 1. The van der Waals surface area contributed by atoms with Crippen molar-refractivity contribution in [2.75, 3.05) is 0 Å². The standard InChI is InChI=1S/C20H29BO5/c1-18(2,3)24-17(23)13-12-16(22)14-8-10-15(11-9-14)21-25-19(4,5)20(6,7)26-21/h8-11H,12-13H2,1-7H3. The molecule has 1 aromatic rings. The second-order valence-electron chi connectivity index (χ2n) is 8.72. The fraction of sp³-hybridized carbons (Fsp3) is 0.600. The molecule has 26 heavy (non-hydrogen) atoms. The van der Waals surface area contributed by atoms with Gasteiger partial charge in [-0.15, -0.1) is 0 Å². The van der Waals surface area contributed by atoms with Crippen LogP contribution < -0.4 is 5.46 Å². The first-order chi connectivity index (χ1) is 11.8. The first-order valence-electron chi connectivity index (χ1n) is 9.01. The largest absolute Gasteiger partial charge is 0.494 e. The van der Waals surface area contributed by atoms with Crippen LogP contribution in [0.1, 0.15) is 71.7 Å². The number of esters is 1. The van der Waals surface area contributed by atoms with Crippen LogP contribution in [0.15, 0.2) is 24.3 Å². The SMILES string of the molecule is CC(C)(C)OC(=O)CCC(=O)c1ccc(B2OC(C)(C)C(C)(C)O2)cc1. The van der Waals surface area contributed by atoms with E-state index in [0.29, 0.717) is 5.56 Å². The number of hydrogen-bond acceptors (Lipinski definition) is 5. The van der Waals surface area contributed by atoms with Gasteiger partial charge >= 0.3 is 13.1 Å². The summed E-state index contributed by atoms with van der Waals surface area (Å²) in [7, 11) is -0.453. The Morgan fingerprint density at radius 1 is 0.962 bits per heavy atom. The van der Waals surface area contributed by atoms with Crippen LogP contribution >= 0.6 is 0 Å². The number of hydrogen-bond donors (Lipinski definition) is 0. The molecule has 0 unspecified atom stereocenters. The zero-order chi connectivity index (χ0) is 19.8. The van der Waals surface area contributed by atoms with E-state index in [2.05, 4.69) is 0 Å². The molecular weight excluding hydrogens is 331 g/mol. The summed E-state index contributed by atoms with van der Waals surface area (Å²) in [4.78, 5) is 24.0. The maximum Gasteiger partial charge on any atom is 0.494 e. The summed E-state index contributed by atoms with van der Waals surface area (Å²) in [6.45, 7) is 13.4. The smallest absolute Gasteiger partial charge is 0.460 e. The van der Waals surface area contributed by atoms with E-state index >= 15 is 0 Å². The minimum Gasteiger partial charge on any atom is -0.460 e. The van der Waals surface area contributed by atoms with Gasteiger partial charge in [-0.3, -0.25) is 9.59 Å². The van der Waals surface area contributed by atoms with E-state index in [-0.39, 0.29) is 24.6 Å². The predicted octanol–water partition coefficient (Wildman–Crippen LogP) is 3.29. The second-order valence-corrected chi connectivity index (χ2v) is 8.72. The van der Waals surface area contributed by atoms with Gasteiger partial charge in [0, 0.05) is 12.0 Å². The molecular formula is C20H29BO5. The molecule has 1 aromatic carbocycles. The Kier molecular flexibility index (Phi) is 5.69. The minimum atomic E-state index is -0.537. The molecule has 1 saturated heterocycles. The van der Waals surface area contributed by atoms with Gasteiger partial charge in [0.25, 0.3) is 0 Å². The van der Waals surface area contributed by atoms with E-state index in [1.807, 2.05) is 39.8 Å². The van der Waals surface area contributed by atoms with Gasteiger partial charge in [0.2, 0.25) is 0 Å². The van der Waals surface area contributed by atoms with Crippen molar-refractivity contribution in [2.45, 2.75) is 78.1 Å². The Balaban J connectivity index is 1.95. The fourth-order valence-electron chi connectivity index (χ4n) is 2.56. The van der Waals surface area contributed by atoms with E-state index in [0.717, 1.165) is 5.46 Å². The lowest BCUT2D eigenvalue weighted by molar-refractivity contribution is -0.154. The maximum absolute atomic E-state index is 12.3. The normalized spacial score (nSPS) is 18.7. The first-order valence-corrected chi connectivity index (χ1v) is 9.01. The molecule has 1 aliphatic heterocycles. The molecule has 5 nitrogen and oxygen atoms in total. The molecule has 1 fully saturated rings. The highest BCUT2D eigenvalue weighted by molar-refractivity contribution is 6.62. The minimum absolute atomic E-state index is 0.0785. The van der Waals surface area contributed by atoms with Crippen molar-refractivity contribution in [3.8, 4) is 0 Å². The van der Waals surface area contributed by atoms with Crippen LogP contribution in [0.2, 0.25) is 0 Å². The third kappa shape index (κ3) is 4.95. The molecule has 0 aromatic heterocycles. The number of benzene rings is 1. The van der Waals surface area contributed by atoms with Crippen molar-refractivity contribution < 1.29 is 23.6 Å². The monoisotopic (exact) mass is 360 g/mol. The van der Waals surface area contributed by atoms with Crippen LogP contribution in [0.3, 0.4) is 0 Å². The molecule has 0 radical (unpaired) electrons. The van der Waals surface area contributed by atoms with E-state index in [9.17, 15) is 9.59 Å². The summed E-state index contributed by atoms with van der Waals surface area (Å²) in [5.41, 5.74) is 0.0881. The highest BCUT2D eigenvalue weighted by Crippen LogP contribution is 2.36. The second kappa shape index (κ2) is 7.16. The summed E-state index contributed by atoms with van der Waals surface area (Å²) in [6.07, 6.45) is 0.208. The van der Waals surface area contributed by atoms with Gasteiger partial charge < -0.3 is 14.0 Å². The molecule has 6 heteroatoms. The van der Waals surface area contributed by atoms with E-state index in [1.165, 1.54) is 0 Å². The van der Waals surface area contributed by atoms with Crippen molar-refractivity contribution in [2.24, 2.45) is 0 Å². The molecule has 0 amide bonds. The molecule has 0 aliphatic carbocycles. The number of ketones is 1. The summed E-state index contributed by atoms with van der Waals surface area (Å²) in [5, 5.41) is 0. The highest BCUT2D eigenvalue weighted by atomic mass is 16.7. The Bertz CT molecular complexity index is 654. The molecule has 0 spiro atoms. The van der Waals surface area contributed by atoms with Crippen LogP contribution in [0, 0.1) is 0 Å². The van der Waals surface area contributed by atoms with Crippen LogP contribution in [-0.4, -0.2) is 35.7 Å². The van der Waals surface area contributed by atoms with Crippen LogP contribution in [0.25, 0.3) is 0 Å². The quantitative estimate of drug-likeness (QED) is 0.458. The number of carbonyl (C=O) groups excluding carboxylic acids is 2. The van der Waals surface area contributed by atoms with Gasteiger partial charge in [-0.25, -0.2) is 0 Å². The molecule has 0 atom stereocenters. The molecule has 142 valence electrons. The first kappa shape index (κ1) is 20.7. The molecule has 2 rings (SSSR count). The Morgan fingerprint density at radius 2 is 1.46 bits per heavy atom. The average Bonchev–Trinajstić information content (AvgIpc) is 2.71. The fourth-order valence-corrected chi connectivity index (χ4v) is 2.56. The third-order valence-corrected chi connectivity index (χ3v) is 4.73. The van der Waals surface area contributed by atoms with Crippen molar-refractivity contribution in [1.29, 1.82) is 0 Å². The Hall–Kier alpha value is -1.66. The summed E-state index contributed by atoms with van der Waals surface area (Å²) in [6, 6.07) is 7.17. The van der Waals surface area contributed by atoms with Gasteiger partial charge in [0.15, 0.2) is 5.78 Å². The van der Waals surface area contributed by atoms with Crippen LogP contribution in [-0.2, 0) is 18.8 Å². The zero-order valence-electron chi connectivity index (χ0n) is 16.8. The van der Waals surface area contributed by atoms with Crippen molar-refractivity contribution in [3.05, 3.63) is 29.8 Å². The van der Waals surface area contributed by atoms with Crippen LogP contribution in [0.5, 0.6) is 0 Å². The van der Waals surface area contributed by atoms with Crippen molar-refractivity contribution in [3.63, 3.8) is 0 Å². The lowest BCUT2D eigenvalue weighted by Gasteiger charge is -2.32. The number of carbonyl (C=O) groups is 2. The lowest BCUT2D eigenvalue weighted by atomic mass is 9.78. The van der Waals surface area contributed by atoms with E-state index < -0.39 is 23.9 Å². The van der Waals surface area contributed by atoms with Gasteiger partial charge in [-0.2, -0.15) is 0 Å². The van der Waals surface area contributed by atoms with Gasteiger partial charge in [0.05, 0.1) is 17.6 Å². The molecule has 0 N–H and O–H groups in total. The number of Topliss-reactive ketones (excluding diaryl/α,β-unsaturated/α-hetero) is 1. The molecule has 0 bridgehead atoms. The highest BCUT2D eigenvalue weighted by Gasteiger charge is 2.51. The molecule has 1 heterocycles. The van der Waals surface area contributed by atoms with E-state index in [1.54, 1.807) is 32.9 Å². The molecule has 1 aliphatic rings. The van der Waals surface area contributed by atoms with Crippen LogP contribution in [0.4, 0.5) is 0 Å². The summed E-state index contributed by atoms with van der Waals surface area (Å²) in [5.74, 6) is -0.448. The summed E-state index contributed by atoms with van der Waals surface area (Å²) >= 11 is 0.